The van der Waals surface area contributed by atoms with E-state index in [1.54, 1.807) is 24.6 Å². The Morgan fingerprint density at radius 1 is 1.26 bits per heavy atom. The van der Waals surface area contributed by atoms with Crippen LogP contribution in [0.3, 0.4) is 0 Å². The van der Waals surface area contributed by atoms with Crippen molar-refractivity contribution in [3.8, 4) is 10.7 Å². The number of aromatic nitrogens is 2. The number of rotatable bonds is 6. The summed E-state index contributed by atoms with van der Waals surface area (Å²) in [6.07, 6.45) is 14.3. The average molecular weight is 429 g/mol. The van der Waals surface area contributed by atoms with Gasteiger partial charge in [0, 0.05) is 47.5 Å². The molecular formula is C24H24N6S. The largest absolute Gasteiger partial charge is 0.340 e. The van der Waals surface area contributed by atoms with Crippen LogP contribution in [0.15, 0.2) is 82.8 Å². The number of hydrogen-bond acceptors (Lipinski definition) is 7. The van der Waals surface area contributed by atoms with E-state index in [0.29, 0.717) is 5.82 Å². The van der Waals surface area contributed by atoms with Crippen LogP contribution >= 0.6 is 11.3 Å². The van der Waals surface area contributed by atoms with Gasteiger partial charge in [-0.1, -0.05) is 24.3 Å². The zero-order valence-electron chi connectivity index (χ0n) is 17.5. The number of aliphatic imine (C=N–C) groups is 1. The molecule has 1 aliphatic carbocycles. The highest BCUT2D eigenvalue weighted by Crippen LogP contribution is 2.32. The summed E-state index contributed by atoms with van der Waals surface area (Å²) in [5.41, 5.74) is 6.64. The molecule has 2 aromatic heterocycles. The number of allylic oxidation sites excluding steroid dienone is 5. The molecule has 1 aliphatic rings. The smallest absolute Gasteiger partial charge is 0.171 e. The van der Waals surface area contributed by atoms with E-state index in [1.807, 2.05) is 43.5 Å². The fourth-order valence-corrected chi connectivity index (χ4v) is 4.28. The molecule has 0 unspecified atom stereocenters. The lowest BCUT2D eigenvalue weighted by atomic mass is 10.2. The van der Waals surface area contributed by atoms with Gasteiger partial charge in [0.05, 0.1) is 4.88 Å². The van der Waals surface area contributed by atoms with Crippen molar-refractivity contribution in [2.24, 2.45) is 10.8 Å². The van der Waals surface area contributed by atoms with Gasteiger partial charge in [-0.2, -0.15) is 0 Å². The van der Waals surface area contributed by atoms with Crippen molar-refractivity contribution in [1.29, 1.82) is 0 Å². The van der Waals surface area contributed by atoms with E-state index >= 15 is 0 Å². The Morgan fingerprint density at radius 3 is 2.94 bits per heavy atom. The maximum absolute atomic E-state index is 5.64. The molecular weight excluding hydrogens is 404 g/mol. The number of thiophene rings is 1. The first kappa shape index (κ1) is 20.7. The Labute approximate surface area is 185 Å². The molecule has 0 radical (unpaired) electrons. The molecule has 0 bridgehead atoms. The van der Waals surface area contributed by atoms with Crippen molar-refractivity contribution in [3.63, 3.8) is 0 Å². The summed E-state index contributed by atoms with van der Waals surface area (Å²) in [6.45, 7) is 2.03. The lowest BCUT2D eigenvalue weighted by Crippen LogP contribution is -2.21. The SMILES string of the molecule is CN=C/C=C\c1cnc(-c2cc3ccccc3s2)nc1NC1=CC(C)=C(NN)CC=C1. The van der Waals surface area contributed by atoms with Crippen molar-refractivity contribution in [3.05, 3.63) is 83.4 Å². The summed E-state index contributed by atoms with van der Waals surface area (Å²) >= 11 is 1.69. The summed E-state index contributed by atoms with van der Waals surface area (Å²) in [4.78, 5) is 14.5. The van der Waals surface area contributed by atoms with Gasteiger partial charge in [-0.25, -0.2) is 9.97 Å². The molecule has 1 aromatic carbocycles. The summed E-state index contributed by atoms with van der Waals surface area (Å²) < 4.78 is 1.22. The van der Waals surface area contributed by atoms with E-state index < -0.39 is 0 Å². The third kappa shape index (κ3) is 4.79. The monoisotopic (exact) mass is 428 g/mol. The second-order valence-corrected chi connectivity index (χ2v) is 8.13. The van der Waals surface area contributed by atoms with Crippen LogP contribution in [0.4, 0.5) is 5.82 Å². The summed E-state index contributed by atoms with van der Waals surface area (Å²) in [6, 6.07) is 10.4. The Hall–Kier alpha value is -3.55. The van der Waals surface area contributed by atoms with E-state index in [2.05, 4.69) is 51.1 Å². The Morgan fingerprint density at radius 2 is 2.13 bits per heavy atom. The number of anilines is 1. The van der Waals surface area contributed by atoms with Gasteiger partial charge in [0.15, 0.2) is 5.82 Å². The highest BCUT2D eigenvalue weighted by atomic mass is 32.1. The third-order valence-electron chi connectivity index (χ3n) is 4.88. The maximum Gasteiger partial charge on any atom is 0.171 e. The molecule has 2 heterocycles. The minimum atomic E-state index is 0.694. The summed E-state index contributed by atoms with van der Waals surface area (Å²) in [5, 5.41) is 4.66. The second kappa shape index (κ2) is 9.51. The van der Waals surface area contributed by atoms with Crippen molar-refractivity contribution in [1.82, 2.24) is 15.4 Å². The van der Waals surface area contributed by atoms with Gasteiger partial charge in [-0.05, 0) is 54.3 Å². The normalized spacial score (nSPS) is 14.5. The molecule has 7 heteroatoms. The standard InChI is InChI=1S/C24H24N6S/c1-16-13-19(9-5-10-20(16)30-25)28-23-18(8-6-12-26-2)15-27-24(29-23)22-14-17-7-3-4-11-21(17)31-22/h3-9,11-15,30H,10,25H2,1-2H3,(H,27,28,29)/b8-6-,26-12?. The highest BCUT2D eigenvalue weighted by molar-refractivity contribution is 7.22. The zero-order chi connectivity index (χ0) is 21.6. The molecule has 31 heavy (non-hydrogen) atoms. The van der Waals surface area contributed by atoms with Crippen LogP contribution in [0.1, 0.15) is 18.9 Å². The summed E-state index contributed by atoms with van der Waals surface area (Å²) in [5.74, 6) is 7.06. The van der Waals surface area contributed by atoms with Gasteiger partial charge in [-0.15, -0.1) is 11.3 Å². The molecule has 0 amide bonds. The fourth-order valence-electron chi connectivity index (χ4n) is 3.28. The van der Waals surface area contributed by atoms with Gasteiger partial charge in [-0.3, -0.25) is 10.8 Å². The van der Waals surface area contributed by atoms with E-state index in [9.17, 15) is 0 Å². The molecule has 6 nitrogen and oxygen atoms in total. The molecule has 0 spiro atoms. The number of hydrazine groups is 1. The van der Waals surface area contributed by atoms with E-state index in [4.69, 9.17) is 10.8 Å². The van der Waals surface area contributed by atoms with Crippen LogP contribution in [-0.4, -0.2) is 23.2 Å². The van der Waals surface area contributed by atoms with Crippen LogP contribution in [0.25, 0.3) is 26.9 Å². The van der Waals surface area contributed by atoms with Gasteiger partial charge < -0.3 is 10.7 Å². The Kier molecular flexibility index (Phi) is 6.35. The van der Waals surface area contributed by atoms with Gasteiger partial charge in [0.1, 0.15) is 5.82 Å². The molecule has 0 saturated heterocycles. The lowest BCUT2D eigenvalue weighted by Gasteiger charge is -2.11. The quantitative estimate of drug-likeness (QED) is 0.290. The van der Waals surface area contributed by atoms with Gasteiger partial charge in [0.2, 0.25) is 0 Å². The number of nitrogens with one attached hydrogen (secondary N) is 2. The molecule has 156 valence electrons. The number of fused-ring (bicyclic) bond motifs is 1. The van der Waals surface area contributed by atoms with E-state index in [0.717, 1.165) is 39.6 Å². The average Bonchev–Trinajstić information content (AvgIpc) is 3.13. The first-order chi connectivity index (χ1) is 15.2. The summed E-state index contributed by atoms with van der Waals surface area (Å²) in [7, 11) is 1.74. The number of nitrogens with two attached hydrogens (primary N) is 1. The number of hydrogen-bond donors (Lipinski definition) is 3. The zero-order valence-corrected chi connectivity index (χ0v) is 18.3. The molecule has 4 rings (SSSR count). The predicted molar refractivity (Wildman–Crippen MR) is 132 cm³/mol. The topological polar surface area (TPSA) is 88.2 Å². The highest BCUT2D eigenvalue weighted by Gasteiger charge is 2.12. The van der Waals surface area contributed by atoms with Crippen LogP contribution < -0.4 is 16.6 Å². The van der Waals surface area contributed by atoms with Crippen molar-refractivity contribution in [2.75, 3.05) is 12.4 Å². The predicted octanol–water partition coefficient (Wildman–Crippen LogP) is 5.07. The van der Waals surface area contributed by atoms with E-state index in [-0.39, 0.29) is 0 Å². The molecule has 4 N–H and O–H groups in total. The van der Waals surface area contributed by atoms with Gasteiger partial charge >= 0.3 is 0 Å². The van der Waals surface area contributed by atoms with E-state index in [1.165, 1.54) is 10.1 Å². The van der Waals surface area contributed by atoms with Crippen molar-refractivity contribution < 1.29 is 0 Å². The first-order valence-electron chi connectivity index (χ1n) is 9.94. The minimum absolute atomic E-state index is 0.694. The first-order valence-corrected chi connectivity index (χ1v) is 10.8. The molecule has 3 aromatic rings. The second-order valence-electron chi connectivity index (χ2n) is 7.05. The Bertz CT molecular complexity index is 1210. The number of benzene rings is 1. The fraction of sp³-hybridized carbons (Fsp3) is 0.125. The third-order valence-corrected chi connectivity index (χ3v) is 5.99. The molecule has 0 fully saturated rings. The van der Waals surface area contributed by atoms with Crippen LogP contribution in [0.5, 0.6) is 0 Å². The van der Waals surface area contributed by atoms with Crippen LogP contribution in [-0.2, 0) is 0 Å². The van der Waals surface area contributed by atoms with Crippen LogP contribution in [0, 0.1) is 0 Å². The number of nitrogens with zero attached hydrogens (tertiary/aromatic N) is 3. The maximum atomic E-state index is 5.64. The Balaban J connectivity index is 1.74. The minimum Gasteiger partial charge on any atom is -0.340 e. The molecule has 0 saturated carbocycles. The van der Waals surface area contributed by atoms with Gasteiger partial charge in [0.25, 0.3) is 0 Å². The lowest BCUT2D eigenvalue weighted by molar-refractivity contribution is 0.840. The van der Waals surface area contributed by atoms with Crippen molar-refractivity contribution in [2.45, 2.75) is 13.3 Å². The molecule has 0 atom stereocenters. The van der Waals surface area contributed by atoms with Crippen molar-refractivity contribution >= 4 is 39.5 Å². The van der Waals surface area contributed by atoms with Crippen LogP contribution in [0.2, 0.25) is 0 Å². The molecule has 0 aliphatic heterocycles.